The van der Waals surface area contributed by atoms with Crippen LogP contribution < -0.4 is 5.32 Å². The van der Waals surface area contributed by atoms with Crippen LogP contribution in [0.25, 0.3) is 11.5 Å². The van der Waals surface area contributed by atoms with Crippen LogP contribution in [0.3, 0.4) is 0 Å². The van der Waals surface area contributed by atoms with Gasteiger partial charge in [-0.2, -0.15) is 0 Å². The molecule has 0 saturated heterocycles. The molecule has 106 valence electrons. The molecule has 0 aliphatic rings. The Morgan fingerprint density at radius 2 is 2.15 bits per heavy atom. The number of ether oxygens (including phenoxy) is 1. The molecule has 0 aliphatic heterocycles. The first kappa shape index (κ1) is 15.1. The number of aromatic nitrogens is 3. The molecule has 0 saturated carbocycles. The van der Waals surface area contributed by atoms with Crippen molar-refractivity contribution in [3.63, 3.8) is 0 Å². The number of pyridine rings is 1. The molecular formula is C14H17IN4O. The minimum absolute atomic E-state index is 0.460. The van der Waals surface area contributed by atoms with Crippen LogP contribution in [-0.2, 0) is 11.3 Å². The molecule has 0 fully saturated rings. The van der Waals surface area contributed by atoms with Crippen molar-refractivity contribution >= 4 is 28.4 Å². The minimum Gasteiger partial charge on any atom is -0.378 e. The molecule has 0 spiro atoms. The van der Waals surface area contributed by atoms with E-state index >= 15 is 0 Å². The van der Waals surface area contributed by atoms with Crippen molar-refractivity contribution in [3.05, 3.63) is 33.7 Å². The van der Waals surface area contributed by atoms with Gasteiger partial charge in [0.15, 0.2) is 5.82 Å². The van der Waals surface area contributed by atoms with Crippen LogP contribution in [0.4, 0.5) is 5.82 Å². The molecule has 2 rings (SSSR count). The maximum Gasteiger partial charge on any atom is 0.180 e. The highest BCUT2D eigenvalue weighted by molar-refractivity contribution is 14.1. The Hall–Kier alpha value is -1.28. The van der Waals surface area contributed by atoms with E-state index in [4.69, 9.17) is 4.74 Å². The summed E-state index contributed by atoms with van der Waals surface area (Å²) >= 11 is 2.25. The molecule has 1 N–H and O–H groups in total. The third-order valence-corrected chi connectivity index (χ3v) is 3.77. The Kier molecular flexibility index (Phi) is 5.66. The van der Waals surface area contributed by atoms with Gasteiger partial charge in [-0.25, -0.2) is 9.97 Å². The molecule has 0 atom stereocenters. The lowest BCUT2D eigenvalue weighted by atomic mass is 10.3. The maximum atomic E-state index is 5.22. The molecule has 0 aliphatic carbocycles. The molecular weight excluding hydrogens is 367 g/mol. The summed E-state index contributed by atoms with van der Waals surface area (Å²) in [6.45, 7) is 3.46. The van der Waals surface area contributed by atoms with Gasteiger partial charge in [-0.15, -0.1) is 0 Å². The van der Waals surface area contributed by atoms with Gasteiger partial charge in [0.25, 0.3) is 0 Å². The van der Waals surface area contributed by atoms with Crippen LogP contribution in [-0.4, -0.2) is 28.6 Å². The fraction of sp³-hybridized carbons (Fsp3) is 0.357. The van der Waals surface area contributed by atoms with E-state index in [1.807, 2.05) is 18.2 Å². The molecule has 0 bridgehead atoms. The zero-order valence-electron chi connectivity index (χ0n) is 11.6. The number of nitrogens with one attached hydrogen (secondary N) is 1. The van der Waals surface area contributed by atoms with E-state index in [0.717, 1.165) is 33.7 Å². The molecule has 6 heteroatoms. The van der Waals surface area contributed by atoms with E-state index in [-0.39, 0.29) is 0 Å². The quantitative estimate of drug-likeness (QED) is 0.776. The van der Waals surface area contributed by atoms with Crippen molar-refractivity contribution in [2.75, 3.05) is 19.0 Å². The van der Waals surface area contributed by atoms with E-state index in [1.165, 1.54) is 0 Å². The van der Waals surface area contributed by atoms with Gasteiger partial charge in [-0.1, -0.05) is 13.0 Å². The monoisotopic (exact) mass is 384 g/mol. The second kappa shape index (κ2) is 7.49. The summed E-state index contributed by atoms with van der Waals surface area (Å²) in [7, 11) is 1.66. The van der Waals surface area contributed by atoms with Crippen molar-refractivity contribution in [3.8, 4) is 11.5 Å². The summed E-state index contributed by atoms with van der Waals surface area (Å²) < 4.78 is 6.21. The second-order valence-electron chi connectivity index (χ2n) is 4.23. The number of halogens is 1. The summed E-state index contributed by atoms with van der Waals surface area (Å²) in [5, 5.41) is 3.33. The lowest BCUT2D eigenvalue weighted by Crippen LogP contribution is -2.10. The molecule has 0 radical (unpaired) electrons. The Labute approximate surface area is 132 Å². The molecule has 20 heavy (non-hydrogen) atoms. The lowest BCUT2D eigenvalue weighted by molar-refractivity contribution is 0.181. The van der Waals surface area contributed by atoms with Gasteiger partial charge in [0, 0.05) is 19.9 Å². The first-order valence-corrected chi connectivity index (χ1v) is 7.54. The highest BCUT2D eigenvalue weighted by Gasteiger charge is 2.13. The third-order valence-electron chi connectivity index (χ3n) is 2.64. The highest BCUT2D eigenvalue weighted by atomic mass is 127. The third kappa shape index (κ3) is 3.63. The molecule has 5 nitrogen and oxygen atoms in total. The maximum absolute atomic E-state index is 5.22. The minimum atomic E-state index is 0.460. The SMILES string of the molecule is CCCNc1nc(-c2ccccn2)nc(COC)c1I. The van der Waals surface area contributed by atoms with Crippen LogP contribution in [0.1, 0.15) is 19.0 Å². The smallest absolute Gasteiger partial charge is 0.180 e. The van der Waals surface area contributed by atoms with Crippen molar-refractivity contribution in [1.82, 2.24) is 15.0 Å². The van der Waals surface area contributed by atoms with Crippen LogP contribution >= 0.6 is 22.6 Å². The predicted molar refractivity (Wildman–Crippen MR) is 87.5 cm³/mol. The molecule has 0 aromatic carbocycles. The molecule has 0 amide bonds. The number of hydrogen-bond acceptors (Lipinski definition) is 5. The van der Waals surface area contributed by atoms with E-state index in [1.54, 1.807) is 13.3 Å². The highest BCUT2D eigenvalue weighted by Crippen LogP contribution is 2.23. The summed E-state index contributed by atoms with van der Waals surface area (Å²) in [6.07, 6.45) is 2.78. The first-order chi connectivity index (χ1) is 9.76. The fourth-order valence-corrected chi connectivity index (χ4v) is 2.28. The summed E-state index contributed by atoms with van der Waals surface area (Å²) in [6, 6.07) is 5.71. The zero-order chi connectivity index (χ0) is 14.4. The van der Waals surface area contributed by atoms with E-state index in [2.05, 4.69) is 49.8 Å². The summed E-state index contributed by atoms with van der Waals surface area (Å²) in [5.74, 6) is 1.46. The summed E-state index contributed by atoms with van der Waals surface area (Å²) in [5.41, 5.74) is 1.64. The van der Waals surface area contributed by atoms with Crippen LogP contribution in [0.15, 0.2) is 24.4 Å². The molecule has 2 aromatic rings. The molecule has 0 unspecified atom stereocenters. The average Bonchev–Trinajstić information content (AvgIpc) is 2.49. The number of nitrogens with zero attached hydrogens (tertiary/aromatic N) is 3. The average molecular weight is 384 g/mol. The Balaban J connectivity index is 2.44. The second-order valence-corrected chi connectivity index (χ2v) is 5.31. The van der Waals surface area contributed by atoms with Gasteiger partial charge >= 0.3 is 0 Å². The molecule has 2 aromatic heterocycles. The van der Waals surface area contributed by atoms with E-state index in [0.29, 0.717) is 12.4 Å². The standard InChI is InChI=1S/C14H17IN4O/c1-3-7-17-14-12(15)11(9-20-2)18-13(19-14)10-6-4-5-8-16-10/h4-6,8H,3,7,9H2,1-2H3,(H,17,18,19). The number of hydrogen-bond donors (Lipinski definition) is 1. The number of rotatable bonds is 6. The van der Waals surface area contributed by atoms with Gasteiger partial charge in [-0.3, -0.25) is 4.98 Å². The number of anilines is 1. The van der Waals surface area contributed by atoms with Crippen molar-refractivity contribution in [2.24, 2.45) is 0 Å². The zero-order valence-corrected chi connectivity index (χ0v) is 13.7. The van der Waals surface area contributed by atoms with Gasteiger partial charge in [0.1, 0.15) is 11.5 Å². The van der Waals surface area contributed by atoms with E-state index < -0.39 is 0 Å². The van der Waals surface area contributed by atoms with Gasteiger partial charge in [0.05, 0.1) is 15.9 Å². The van der Waals surface area contributed by atoms with Crippen LogP contribution in [0.5, 0.6) is 0 Å². The van der Waals surface area contributed by atoms with Crippen molar-refractivity contribution in [2.45, 2.75) is 20.0 Å². The topological polar surface area (TPSA) is 59.9 Å². The van der Waals surface area contributed by atoms with Crippen LogP contribution in [0.2, 0.25) is 0 Å². The van der Waals surface area contributed by atoms with Crippen molar-refractivity contribution < 1.29 is 4.74 Å². The van der Waals surface area contributed by atoms with Gasteiger partial charge < -0.3 is 10.1 Å². The Bertz CT molecular complexity index is 563. The summed E-state index contributed by atoms with van der Waals surface area (Å²) in [4.78, 5) is 13.4. The largest absolute Gasteiger partial charge is 0.378 e. The van der Waals surface area contributed by atoms with Gasteiger partial charge in [0.2, 0.25) is 0 Å². The first-order valence-electron chi connectivity index (χ1n) is 6.47. The van der Waals surface area contributed by atoms with Gasteiger partial charge in [-0.05, 0) is 41.1 Å². The molecule has 2 heterocycles. The lowest BCUT2D eigenvalue weighted by Gasteiger charge is -2.12. The van der Waals surface area contributed by atoms with Crippen molar-refractivity contribution in [1.29, 1.82) is 0 Å². The van der Waals surface area contributed by atoms with E-state index in [9.17, 15) is 0 Å². The number of methoxy groups -OCH3 is 1. The Morgan fingerprint density at radius 1 is 1.30 bits per heavy atom. The predicted octanol–water partition coefficient (Wildman–Crippen LogP) is 3.11. The van der Waals surface area contributed by atoms with Crippen LogP contribution in [0, 0.1) is 3.57 Å². The Morgan fingerprint density at radius 3 is 2.80 bits per heavy atom. The fourth-order valence-electron chi connectivity index (χ4n) is 1.70. The normalized spacial score (nSPS) is 10.6.